The first-order valence-corrected chi connectivity index (χ1v) is 9.03. The molecule has 0 fully saturated rings. The summed E-state index contributed by atoms with van der Waals surface area (Å²) in [5, 5.41) is 5.22. The summed E-state index contributed by atoms with van der Waals surface area (Å²) in [6, 6.07) is 22.6. The fourth-order valence-corrected chi connectivity index (χ4v) is 2.58. The summed E-state index contributed by atoms with van der Waals surface area (Å²) >= 11 is 0. The van der Waals surface area contributed by atoms with Gasteiger partial charge in [-0.3, -0.25) is 14.4 Å². The SMILES string of the molecule is CC(=O)c1cccc(NC(=O)CNC(=O)c2ccc(Oc3ccccc3)cc2)c1. The Kier molecular flexibility index (Phi) is 6.37. The molecule has 146 valence electrons. The van der Waals surface area contributed by atoms with E-state index in [-0.39, 0.29) is 24.1 Å². The third kappa shape index (κ3) is 5.77. The number of carbonyl (C=O) groups excluding carboxylic acids is 3. The van der Waals surface area contributed by atoms with Crippen molar-refractivity contribution in [1.82, 2.24) is 5.32 Å². The van der Waals surface area contributed by atoms with E-state index in [1.807, 2.05) is 30.3 Å². The Labute approximate surface area is 168 Å². The van der Waals surface area contributed by atoms with Gasteiger partial charge in [-0.25, -0.2) is 0 Å². The third-order valence-electron chi connectivity index (χ3n) is 4.06. The number of Topliss-reactive ketones (excluding diaryl/α,β-unsaturated/α-hetero) is 1. The average molecular weight is 388 g/mol. The van der Waals surface area contributed by atoms with Crippen LogP contribution < -0.4 is 15.4 Å². The molecule has 29 heavy (non-hydrogen) atoms. The summed E-state index contributed by atoms with van der Waals surface area (Å²) in [6.07, 6.45) is 0. The molecular weight excluding hydrogens is 368 g/mol. The van der Waals surface area contributed by atoms with Crippen LogP contribution in [0.1, 0.15) is 27.6 Å². The fourth-order valence-electron chi connectivity index (χ4n) is 2.58. The van der Waals surface area contributed by atoms with Gasteiger partial charge in [-0.15, -0.1) is 0 Å². The van der Waals surface area contributed by atoms with E-state index in [1.54, 1.807) is 48.5 Å². The highest BCUT2D eigenvalue weighted by molar-refractivity contribution is 6.00. The lowest BCUT2D eigenvalue weighted by atomic mass is 10.1. The lowest BCUT2D eigenvalue weighted by molar-refractivity contribution is -0.115. The number of anilines is 1. The van der Waals surface area contributed by atoms with E-state index in [2.05, 4.69) is 10.6 Å². The molecule has 2 N–H and O–H groups in total. The summed E-state index contributed by atoms with van der Waals surface area (Å²) in [6.45, 7) is 1.27. The highest BCUT2D eigenvalue weighted by Crippen LogP contribution is 2.21. The molecule has 0 aliphatic rings. The van der Waals surface area contributed by atoms with Crippen LogP contribution in [0.2, 0.25) is 0 Å². The van der Waals surface area contributed by atoms with Crippen molar-refractivity contribution in [3.8, 4) is 11.5 Å². The van der Waals surface area contributed by atoms with Crippen LogP contribution in [-0.2, 0) is 4.79 Å². The van der Waals surface area contributed by atoms with Crippen molar-refractivity contribution < 1.29 is 19.1 Å². The van der Waals surface area contributed by atoms with Crippen LogP contribution in [0.15, 0.2) is 78.9 Å². The van der Waals surface area contributed by atoms with Crippen molar-refractivity contribution in [2.75, 3.05) is 11.9 Å². The standard InChI is InChI=1S/C23H20N2O4/c1-16(26)18-6-5-7-19(14-18)25-22(27)15-24-23(28)17-10-12-21(13-11-17)29-20-8-3-2-4-9-20/h2-14H,15H2,1H3,(H,24,28)(H,25,27). The van der Waals surface area contributed by atoms with Crippen LogP contribution in [-0.4, -0.2) is 24.1 Å². The van der Waals surface area contributed by atoms with E-state index in [9.17, 15) is 14.4 Å². The molecule has 2 amide bonds. The maximum Gasteiger partial charge on any atom is 0.251 e. The minimum Gasteiger partial charge on any atom is -0.457 e. The molecule has 0 radical (unpaired) electrons. The number of carbonyl (C=O) groups is 3. The van der Waals surface area contributed by atoms with Crippen molar-refractivity contribution in [2.24, 2.45) is 0 Å². The molecule has 0 aromatic heterocycles. The first kappa shape index (κ1) is 19.8. The molecule has 0 aliphatic carbocycles. The molecule has 0 saturated carbocycles. The molecule has 6 heteroatoms. The second-order valence-electron chi connectivity index (χ2n) is 6.31. The van der Waals surface area contributed by atoms with Gasteiger partial charge in [0.2, 0.25) is 5.91 Å². The minimum absolute atomic E-state index is 0.0888. The summed E-state index contributed by atoms with van der Waals surface area (Å²) in [7, 11) is 0. The molecule has 0 atom stereocenters. The van der Waals surface area contributed by atoms with Crippen LogP contribution >= 0.6 is 0 Å². The van der Waals surface area contributed by atoms with Gasteiger partial charge in [0.25, 0.3) is 5.91 Å². The van der Waals surface area contributed by atoms with Crippen LogP contribution in [0.5, 0.6) is 11.5 Å². The van der Waals surface area contributed by atoms with Gasteiger partial charge in [-0.1, -0.05) is 30.3 Å². The van der Waals surface area contributed by atoms with Crippen LogP contribution in [0, 0.1) is 0 Å². The lowest BCUT2D eigenvalue weighted by Crippen LogP contribution is -2.32. The lowest BCUT2D eigenvalue weighted by Gasteiger charge is -2.09. The number of nitrogens with one attached hydrogen (secondary N) is 2. The third-order valence-corrected chi connectivity index (χ3v) is 4.06. The van der Waals surface area contributed by atoms with E-state index >= 15 is 0 Å². The predicted octanol–water partition coefficient (Wildman–Crippen LogP) is 4.05. The first-order chi connectivity index (χ1) is 14.0. The number of ether oxygens (including phenoxy) is 1. The number of ketones is 1. The Morgan fingerprint density at radius 1 is 0.793 bits per heavy atom. The van der Waals surface area contributed by atoms with Crippen molar-refractivity contribution in [2.45, 2.75) is 6.92 Å². The molecule has 3 rings (SSSR count). The number of benzene rings is 3. The fraction of sp³-hybridized carbons (Fsp3) is 0.0870. The van der Waals surface area contributed by atoms with E-state index < -0.39 is 0 Å². The predicted molar refractivity (Wildman–Crippen MR) is 110 cm³/mol. The quantitative estimate of drug-likeness (QED) is 0.598. The normalized spacial score (nSPS) is 10.1. The topological polar surface area (TPSA) is 84.5 Å². The van der Waals surface area contributed by atoms with Gasteiger partial charge >= 0.3 is 0 Å². The monoisotopic (exact) mass is 388 g/mol. The first-order valence-electron chi connectivity index (χ1n) is 9.03. The van der Waals surface area contributed by atoms with Crippen molar-refractivity contribution in [3.05, 3.63) is 90.0 Å². The summed E-state index contributed by atoms with van der Waals surface area (Å²) < 4.78 is 5.68. The zero-order valence-electron chi connectivity index (χ0n) is 15.8. The van der Waals surface area contributed by atoms with E-state index in [0.717, 1.165) is 0 Å². The molecule has 0 saturated heterocycles. The minimum atomic E-state index is -0.386. The summed E-state index contributed by atoms with van der Waals surface area (Å²) in [5.74, 6) is 0.465. The van der Waals surface area contributed by atoms with Crippen molar-refractivity contribution >= 4 is 23.3 Å². The highest BCUT2D eigenvalue weighted by Gasteiger charge is 2.09. The molecule has 3 aromatic rings. The Morgan fingerprint density at radius 2 is 1.48 bits per heavy atom. The smallest absolute Gasteiger partial charge is 0.251 e. The molecule has 0 bridgehead atoms. The Morgan fingerprint density at radius 3 is 2.17 bits per heavy atom. The van der Waals surface area contributed by atoms with E-state index in [4.69, 9.17) is 4.74 Å². The number of rotatable bonds is 7. The maximum atomic E-state index is 12.2. The number of amides is 2. The van der Waals surface area contributed by atoms with Gasteiger partial charge in [-0.05, 0) is 55.5 Å². The number of hydrogen-bond acceptors (Lipinski definition) is 4. The molecule has 0 aliphatic heterocycles. The second-order valence-corrected chi connectivity index (χ2v) is 6.31. The van der Waals surface area contributed by atoms with Gasteiger partial charge in [0.05, 0.1) is 6.54 Å². The van der Waals surface area contributed by atoms with Crippen LogP contribution in [0.3, 0.4) is 0 Å². The Hall–Kier alpha value is -3.93. The molecule has 0 spiro atoms. The number of para-hydroxylation sites is 1. The Balaban J connectivity index is 1.51. The van der Waals surface area contributed by atoms with Crippen molar-refractivity contribution in [1.29, 1.82) is 0 Å². The second kappa shape index (κ2) is 9.32. The van der Waals surface area contributed by atoms with Crippen LogP contribution in [0.25, 0.3) is 0 Å². The molecule has 6 nitrogen and oxygen atoms in total. The van der Waals surface area contributed by atoms with Gasteiger partial charge in [0.15, 0.2) is 5.78 Å². The summed E-state index contributed by atoms with van der Waals surface area (Å²) in [5.41, 5.74) is 1.42. The highest BCUT2D eigenvalue weighted by atomic mass is 16.5. The largest absolute Gasteiger partial charge is 0.457 e. The molecule has 0 heterocycles. The van der Waals surface area contributed by atoms with Crippen molar-refractivity contribution in [3.63, 3.8) is 0 Å². The molecule has 3 aromatic carbocycles. The van der Waals surface area contributed by atoms with Gasteiger partial charge in [-0.2, -0.15) is 0 Å². The number of hydrogen-bond donors (Lipinski definition) is 2. The van der Waals surface area contributed by atoms with E-state index in [0.29, 0.717) is 28.3 Å². The van der Waals surface area contributed by atoms with Gasteiger partial charge in [0.1, 0.15) is 11.5 Å². The van der Waals surface area contributed by atoms with Crippen LogP contribution in [0.4, 0.5) is 5.69 Å². The zero-order chi connectivity index (χ0) is 20.6. The average Bonchev–Trinajstić information content (AvgIpc) is 2.73. The molecular formula is C23H20N2O4. The Bertz CT molecular complexity index is 1010. The maximum absolute atomic E-state index is 12.2. The van der Waals surface area contributed by atoms with Gasteiger partial charge < -0.3 is 15.4 Å². The van der Waals surface area contributed by atoms with E-state index in [1.165, 1.54) is 6.92 Å². The van der Waals surface area contributed by atoms with Gasteiger partial charge in [0, 0.05) is 16.8 Å². The summed E-state index contributed by atoms with van der Waals surface area (Å²) in [4.78, 5) is 35.7. The zero-order valence-corrected chi connectivity index (χ0v) is 15.8. The molecule has 0 unspecified atom stereocenters.